The third kappa shape index (κ3) is 4.01. The zero-order chi connectivity index (χ0) is 6.62. The lowest BCUT2D eigenvalue weighted by Gasteiger charge is -2.22. The maximum absolute atomic E-state index is 5.76. The highest BCUT2D eigenvalue weighted by Gasteiger charge is 2.17. The van der Waals surface area contributed by atoms with E-state index in [0.717, 1.165) is 12.8 Å². The van der Waals surface area contributed by atoms with Crippen LogP contribution in [0.2, 0.25) is 0 Å². The van der Waals surface area contributed by atoms with Gasteiger partial charge in [0, 0.05) is 11.4 Å². The minimum atomic E-state index is -0.110. The molecule has 0 bridgehead atoms. The van der Waals surface area contributed by atoms with Crippen molar-refractivity contribution in [1.82, 2.24) is 0 Å². The summed E-state index contributed by atoms with van der Waals surface area (Å²) in [6.07, 6.45) is 1.93. The fraction of sp³-hybridized carbons (Fsp3) is 1.00. The van der Waals surface area contributed by atoms with E-state index in [9.17, 15) is 0 Å². The van der Waals surface area contributed by atoms with Crippen molar-refractivity contribution in [3.8, 4) is 0 Å². The number of halogens is 2. The molecule has 0 spiro atoms. The molecule has 58 valence electrons. The number of alkyl halides is 1. The van der Waals surface area contributed by atoms with Gasteiger partial charge in [-0.3, -0.25) is 0 Å². The summed E-state index contributed by atoms with van der Waals surface area (Å²) in [6, 6.07) is 0. The Morgan fingerprint density at radius 2 is 1.67 bits per heavy atom. The highest BCUT2D eigenvalue weighted by molar-refractivity contribution is 6.18. The fourth-order valence-electron chi connectivity index (χ4n) is 0.439. The predicted molar refractivity (Wildman–Crippen MR) is 45.5 cm³/mol. The lowest BCUT2D eigenvalue weighted by atomic mass is 9.97. The van der Waals surface area contributed by atoms with Gasteiger partial charge in [0.15, 0.2) is 0 Å². The molecule has 2 N–H and O–H groups in total. The highest BCUT2D eigenvalue weighted by atomic mass is 35.5. The molecule has 0 rings (SSSR count). The summed E-state index contributed by atoms with van der Waals surface area (Å²) < 4.78 is 0. The van der Waals surface area contributed by atoms with Gasteiger partial charge in [-0.1, -0.05) is 13.8 Å². The Kier molecular flexibility index (Phi) is 7.25. The van der Waals surface area contributed by atoms with E-state index in [1.165, 1.54) is 0 Å². The zero-order valence-electron chi connectivity index (χ0n) is 5.98. The molecule has 0 aliphatic rings. The molecule has 0 saturated carbocycles. The smallest absolute Gasteiger partial charge is 0.0403 e. The first-order chi connectivity index (χ1) is 3.68. The average molecular weight is 172 g/mol. The van der Waals surface area contributed by atoms with Gasteiger partial charge in [-0.2, -0.15) is 0 Å². The molecule has 0 fully saturated rings. The van der Waals surface area contributed by atoms with E-state index >= 15 is 0 Å². The standard InChI is InChI=1S/C6H14ClN.ClH/c1-3-6(8,4-2)5-7;/h3-5,8H2,1-2H3;1H. The van der Waals surface area contributed by atoms with Crippen LogP contribution in [0.5, 0.6) is 0 Å². The van der Waals surface area contributed by atoms with Crippen molar-refractivity contribution in [3.05, 3.63) is 0 Å². The Hall–Kier alpha value is 0.540. The Labute approximate surface area is 68.4 Å². The van der Waals surface area contributed by atoms with Crippen LogP contribution in [0.4, 0.5) is 0 Å². The van der Waals surface area contributed by atoms with Crippen LogP contribution in [0.15, 0.2) is 0 Å². The second kappa shape index (κ2) is 5.33. The molecule has 0 radical (unpaired) electrons. The maximum atomic E-state index is 5.76. The molecule has 0 aromatic rings. The van der Waals surface area contributed by atoms with Gasteiger partial charge in [-0.25, -0.2) is 0 Å². The summed E-state index contributed by atoms with van der Waals surface area (Å²) in [7, 11) is 0. The second-order valence-corrected chi connectivity index (χ2v) is 2.47. The first kappa shape index (κ1) is 12.2. The Morgan fingerprint density at radius 1 is 1.33 bits per heavy atom. The zero-order valence-corrected chi connectivity index (χ0v) is 7.56. The largest absolute Gasteiger partial charge is 0.324 e. The SMILES string of the molecule is CCC(N)(CC)CCl.Cl. The van der Waals surface area contributed by atoms with Crippen LogP contribution in [-0.2, 0) is 0 Å². The van der Waals surface area contributed by atoms with Gasteiger partial charge in [0.25, 0.3) is 0 Å². The molecule has 0 aromatic heterocycles. The lowest BCUT2D eigenvalue weighted by Crippen LogP contribution is -2.40. The molecule has 0 aliphatic heterocycles. The summed E-state index contributed by atoms with van der Waals surface area (Å²) in [4.78, 5) is 0. The maximum Gasteiger partial charge on any atom is 0.0403 e. The van der Waals surface area contributed by atoms with Crippen molar-refractivity contribution in [2.75, 3.05) is 5.88 Å². The van der Waals surface area contributed by atoms with Gasteiger partial charge >= 0.3 is 0 Å². The van der Waals surface area contributed by atoms with Crippen molar-refractivity contribution in [2.24, 2.45) is 5.73 Å². The Bertz CT molecular complexity index is 53.8. The molecule has 1 nitrogen and oxygen atoms in total. The second-order valence-electron chi connectivity index (χ2n) is 2.20. The summed E-state index contributed by atoms with van der Waals surface area (Å²) in [6.45, 7) is 4.12. The summed E-state index contributed by atoms with van der Waals surface area (Å²) in [5, 5.41) is 0. The third-order valence-corrected chi connectivity index (χ3v) is 2.21. The van der Waals surface area contributed by atoms with E-state index in [-0.39, 0.29) is 17.9 Å². The average Bonchev–Trinajstić information content (AvgIpc) is 1.87. The molecular weight excluding hydrogens is 157 g/mol. The van der Waals surface area contributed by atoms with Crippen LogP contribution in [0.1, 0.15) is 26.7 Å². The number of hydrogen-bond donors (Lipinski definition) is 1. The molecule has 0 saturated heterocycles. The van der Waals surface area contributed by atoms with Gasteiger partial charge < -0.3 is 5.73 Å². The van der Waals surface area contributed by atoms with E-state index in [4.69, 9.17) is 17.3 Å². The van der Waals surface area contributed by atoms with Crippen molar-refractivity contribution in [1.29, 1.82) is 0 Å². The van der Waals surface area contributed by atoms with Crippen LogP contribution in [0.3, 0.4) is 0 Å². The minimum absolute atomic E-state index is 0. The van der Waals surface area contributed by atoms with E-state index in [1.807, 2.05) is 0 Å². The fourth-order valence-corrected chi connectivity index (χ4v) is 0.817. The summed E-state index contributed by atoms with van der Waals surface area (Å²) in [5.41, 5.74) is 5.65. The van der Waals surface area contributed by atoms with Crippen LogP contribution in [-0.4, -0.2) is 11.4 Å². The first-order valence-corrected chi connectivity index (χ1v) is 3.57. The molecule has 0 amide bonds. The quantitative estimate of drug-likeness (QED) is 0.648. The summed E-state index contributed by atoms with van der Waals surface area (Å²) >= 11 is 5.58. The van der Waals surface area contributed by atoms with E-state index in [0.29, 0.717) is 5.88 Å². The van der Waals surface area contributed by atoms with Crippen LogP contribution < -0.4 is 5.73 Å². The number of rotatable bonds is 3. The Morgan fingerprint density at radius 3 is 1.67 bits per heavy atom. The minimum Gasteiger partial charge on any atom is -0.324 e. The van der Waals surface area contributed by atoms with Crippen LogP contribution in [0, 0.1) is 0 Å². The van der Waals surface area contributed by atoms with Crippen LogP contribution >= 0.6 is 24.0 Å². The highest BCUT2D eigenvalue weighted by Crippen LogP contribution is 2.11. The van der Waals surface area contributed by atoms with Gasteiger partial charge in [0.2, 0.25) is 0 Å². The molecule has 0 heterocycles. The molecule has 3 heteroatoms. The Balaban J connectivity index is 0. The molecule has 9 heavy (non-hydrogen) atoms. The third-order valence-electron chi connectivity index (χ3n) is 1.67. The van der Waals surface area contributed by atoms with Crippen molar-refractivity contribution in [2.45, 2.75) is 32.2 Å². The van der Waals surface area contributed by atoms with Crippen molar-refractivity contribution >= 4 is 24.0 Å². The van der Waals surface area contributed by atoms with Gasteiger partial charge in [-0.05, 0) is 12.8 Å². The van der Waals surface area contributed by atoms with E-state index in [1.54, 1.807) is 0 Å². The van der Waals surface area contributed by atoms with Crippen molar-refractivity contribution in [3.63, 3.8) is 0 Å². The monoisotopic (exact) mass is 171 g/mol. The van der Waals surface area contributed by atoms with Gasteiger partial charge in [0.1, 0.15) is 0 Å². The molecule has 0 unspecified atom stereocenters. The molecule has 0 aromatic carbocycles. The summed E-state index contributed by atoms with van der Waals surface area (Å²) in [5.74, 6) is 0.569. The number of nitrogens with two attached hydrogens (primary N) is 1. The molecule has 0 atom stereocenters. The van der Waals surface area contributed by atoms with E-state index < -0.39 is 0 Å². The van der Waals surface area contributed by atoms with Crippen LogP contribution in [0.25, 0.3) is 0 Å². The van der Waals surface area contributed by atoms with E-state index in [2.05, 4.69) is 13.8 Å². The topological polar surface area (TPSA) is 26.0 Å². The van der Waals surface area contributed by atoms with Crippen molar-refractivity contribution < 1.29 is 0 Å². The van der Waals surface area contributed by atoms with Gasteiger partial charge in [-0.15, -0.1) is 24.0 Å². The van der Waals surface area contributed by atoms with Gasteiger partial charge in [0.05, 0.1) is 0 Å². The first-order valence-electron chi connectivity index (χ1n) is 3.03. The predicted octanol–water partition coefficient (Wildman–Crippen LogP) is 2.16. The molecular formula is C6H15Cl2N. The normalized spacial score (nSPS) is 10.7. The molecule has 0 aliphatic carbocycles. The lowest BCUT2D eigenvalue weighted by molar-refractivity contribution is 0.443. The number of hydrogen-bond acceptors (Lipinski definition) is 1.